The summed E-state index contributed by atoms with van der Waals surface area (Å²) < 4.78 is 0.847. The van der Waals surface area contributed by atoms with E-state index < -0.39 is 0 Å². The molecule has 0 bridgehead atoms. The van der Waals surface area contributed by atoms with E-state index in [2.05, 4.69) is 40.6 Å². The molecule has 1 atom stereocenters. The van der Waals surface area contributed by atoms with E-state index in [0.717, 1.165) is 10.5 Å². The Morgan fingerprint density at radius 1 is 1.50 bits per heavy atom. The van der Waals surface area contributed by atoms with Crippen LogP contribution in [0.25, 0.3) is 0 Å². The van der Waals surface area contributed by atoms with Crippen LogP contribution in [0.4, 0.5) is 0 Å². The lowest BCUT2D eigenvalue weighted by Gasteiger charge is -2.09. The molecule has 2 heteroatoms. The second-order valence-electron chi connectivity index (χ2n) is 3.35. The number of allylic oxidation sites excluding steroid dienone is 2. The van der Waals surface area contributed by atoms with Gasteiger partial charge in [-0.1, -0.05) is 28.2 Å². The van der Waals surface area contributed by atoms with E-state index in [1.807, 2.05) is 6.21 Å². The van der Waals surface area contributed by atoms with Crippen molar-refractivity contribution in [2.24, 2.45) is 4.99 Å². The molecule has 1 heterocycles. The van der Waals surface area contributed by atoms with Crippen molar-refractivity contribution in [2.75, 3.05) is 6.54 Å². The van der Waals surface area contributed by atoms with E-state index in [1.165, 1.54) is 31.3 Å². The van der Waals surface area contributed by atoms with Gasteiger partial charge in [-0.3, -0.25) is 4.99 Å². The van der Waals surface area contributed by atoms with Gasteiger partial charge in [0.15, 0.2) is 0 Å². The van der Waals surface area contributed by atoms with Crippen molar-refractivity contribution in [1.82, 2.24) is 0 Å². The number of halogens is 1. The van der Waals surface area contributed by atoms with Gasteiger partial charge in [0.2, 0.25) is 0 Å². The van der Waals surface area contributed by atoms with Gasteiger partial charge in [-0.2, -0.15) is 0 Å². The van der Waals surface area contributed by atoms with E-state index in [-0.39, 0.29) is 0 Å². The van der Waals surface area contributed by atoms with E-state index in [4.69, 9.17) is 0 Å². The lowest BCUT2D eigenvalue weighted by molar-refractivity contribution is 0.677. The third-order valence-electron chi connectivity index (χ3n) is 2.12. The quantitative estimate of drug-likeness (QED) is 0.475. The number of nitrogens with zero attached hydrogens (tertiary/aromatic N) is 1. The average molecular weight is 277 g/mol. The van der Waals surface area contributed by atoms with E-state index in [0.29, 0.717) is 0 Å². The van der Waals surface area contributed by atoms with Crippen molar-refractivity contribution in [1.29, 1.82) is 0 Å². The third kappa shape index (κ3) is 4.24. The smallest absolute Gasteiger partial charge is 0.0389 e. The van der Waals surface area contributed by atoms with E-state index in [9.17, 15) is 0 Å². The largest absolute Gasteiger partial charge is 0.293 e. The van der Waals surface area contributed by atoms with E-state index in [1.54, 1.807) is 0 Å². The van der Waals surface area contributed by atoms with Crippen molar-refractivity contribution in [3.05, 3.63) is 11.6 Å². The number of alkyl halides is 1. The van der Waals surface area contributed by atoms with Crippen LogP contribution in [0.1, 0.15) is 32.6 Å². The number of hydrogen-bond acceptors (Lipinski definition) is 1. The van der Waals surface area contributed by atoms with Gasteiger partial charge in [0, 0.05) is 16.7 Å². The molecule has 0 aromatic carbocycles. The van der Waals surface area contributed by atoms with Crippen molar-refractivity contribution in [3.8, 4) is 0 Å². The minimum absolute atomic E-state index is 0.847. The predicted octanol–water partition coefficient (Wildman–Crippen LogP) is 3.38. The van der Waals surface area contributed by atoms with Gasteiger partial charge < -0.3 is 0 Å². The second kappa shape index (κ2) is 5.73. The molecule has 0 aromatic heterocycles. The van der Waals surface area contributed by atoms with Crippen LogP contribution in [0.3, 0.4) is 0 Å². The fourth-order valence-corrected chi connectivity index (χ4v) is 2.02. The predicted molar refractivity (Wildman–Crippen MR) is 63.4 cm³/mol. The van der Waals surface area contributed by atoms with Crippen molar-refractivity contribution >= 4 is 28.8 Å². The molecule has 0 aromatic rings. The first kappa shape index (κ1) is 10.2. The molecular formula is C10H16IN. The molecule has 0 amide bonds. The lowest BCUT2D eigenvalue weighted by Crippen LogP contribution is -2.00. The number of rotatable bonds is 0. The summed E-state index contributed by atoms with van der Waals surface area (Å²) in [5, 5.41) is 0. The molecule has 12 heavy (non-hydrogen) atoms. The first-order valence-electron chi connectivity index (χ1n) is 4.58. The second-order valence-corrected chi connectivity index (χ2v) is 5.11. The van der Waals surface area contributed by atoms with Gasteiger partial charge in [0.1, 0.15) is 0 Å². The molecule has 1 unspecified atom stereocenters. The highest BCUT2D eigenvalue weighted by Gasteiger charge is 2.04. The maximum absolute atomic E-state index is 4.31. The molecule has 0 saturated heterocycles. The Hall–Kier alpha value is 0.140. The maximum atomic E-state index is 4.31. The Balaban J connectivity index is 2.47. The normalized spacial score (nSPS) is 30.8. The van der Waals surface area contributed by atoms with Crippen molar-refractivity contribution in [2.45, 2.75) is 36.5 Å². The summed E-state index contributed by atoms with van der Waals surface area (Å²) in [5.74, 6) is 0. The third-order valence-corrected chi connectivity index (χ3v) is 3.37. The Kier molecular flexibility index (Phi) is 4.88. The van der Waals surface area contributed by atoms with Crippen LogP contribution in [0, 0.1) is 0 Å². The summed E-state index contributed by atoms with van der Waals surface area (Å²) in [6.07, 6.45) is 9.25. The average Bonchev–Trinajstić information content (AvgIpc) is 2.07. The van der Waals surface area contributed by atoms with Gasteiger partial charge in [-0.15, -0.1) is 0 Å². The SMILES string of the molecule is C/C1=C/C=NCCCC(I)CC1. The molecule has 0 fully saturated rings. The molecule has 0 N–H and O–H groups in total. The van der Waals surface area contributed by atoms with Gasteiger partial charge >= 0.3 is 0 Å². The zero-order chi connectivity index (χ0) is 8.81. The summed E-state index contributed by atoms with van der Waals surface area (Å²) in [7, 11) is 0. The molecule has 1 aliphatic heterocycles. The highest BCUT2D eigenvalue weighted by Crippen LogP contribution is 2.18. The summed E-state index contributed by atoms with van der Waals surface area (Å²) in [5.41, 5.74) is 1.46. The first-order valence-corrected chi connectivity index (χ1v) is 5.83. The standard InChI is InChI=1S/C10H16IN/c1-9-4-5-10(11)3-2-7-12-8-6-9/h6,8,10H,2-5,7H2,1H3/b9-6-,12-8?. The topological polar surface area (TPSA) is 12.4 Å². The highest BCUT2D eigenvalue weighted by molar-refractivity contribution is 14.1. The van der Waals surface area contributed by atoms with Crippen LogP contribution in [0.2, 0.25) is 0 Å². The lowest BCUT2D eigenvalue weighted by atomic mass is 10.1. The fraction of sp³-hybridized carbons (Fsp3) is 0.700. The Bertz CT molecular complexity index is 184. The highest BCUT2D eigenvalue weighted by atomic mass is 127. The zero-order valence-electron chi connectivity index (χ0n) is 7.59. The summed E-state index contributed by atoms with van der Waals surface area (Å²) in [6.45, 7) is 3.19. The van der Waals surface area contributed by atoms with E-state index >= 15 is 0 Å². The Labute approximate surface area is 88.5 Å². The van der Waals surface area contributed by atoms with Crippen LogP contribution >= 0.6 is 22.6 Å². The number of aliphatic imine (C=N–C) groups is 1. The minimum atomic E-state index is 0.847. The summed E-state index contributed by atoms with van der Waals surface area (Å²) in [4.78, 5) is 4.31. The summed E-state index contributed by atoms with van der Waals surface area (Å²) in [6, 6.07) is 0. The molecule has 0 saturated carbocycles. The summed E-state index contributed by atoms with van der Waals surface area (Å²) >= 11 is 2.56. The Morgan fingerprint density at radius 2 is 2.33 bits per heavy atom. The Morgan fingerprint density at radius 3 is 3.17 bits per heavy atom. The van der Waals surface area contributed by atoms with Gasteiger partial charge in [0.05, 0.1) is 0 Å². The van der Waals surface area contributed by atoms with Crippen LogP contribution in [0.15, 0.2) is 16.6 Å². The molecule has 1 rings (SSSR count). The van der Waals surface area contributed by atoms with Gasteiger partial charge in [-0.05, 0) is 38.7 Å². The fourth-order valence-electron chi connectivity index (χ4n) is 1.27. The van der Waals surface area contributed by atoms with Crippen LogP contribution < -0.4 is 0 Å². The van der Waals surface area contributed by atoms with Gasteiger partial charge in [0.25, 0.3) is 0 Å². The van der Waals surface area contributed by atoms with Crippen LogP contribution in [-0.4, -0.2) is 16.7 Å². The zero-order valence-corrected chi connectivity index (χ0v) is 9.75. The maximum Gasteiger partial charge on any atom is 0.0389 e. The molecule has 1 nitrogen and oxygen atoms in total. The molecule has 1 aliphatic rings. The molecule has 68 valence electrons. The minimum Gasteiger partial charge on any atom is -0.293 e. The molecule has 0 spiro atoms. The molecule has 0 aliphatic carbocycles. The van der Waals surface area contributed by atoms with Crippen LogP contribution in [0.5, 0.6) is 0 Å². The molecule has 0 radical (unpaired) electrons. The first-order chi connectivity index (χ1) is 5.79. The van der Waals surface area contributed by atoms with Crippen molar-refractivity contribution < 1.29 is 0 Å². The van der Waals surface area contributed by atoms with Gasteiger partial charge in [-0.25, -0.2) is 0 Å². The molecular weight excluding hydrogens is 261 g/mol. The monoisotopic (exact) mass is 277 g/mol. The van der Waals surface area contributed by atoms with Crippen molar-refractivity contribution in [3.63, 3.8) is 0 Å². The van der Waals surface area contributed by atoms with Crippen LogP contribution in [-0.2, 0) is 0 Å². The number of hydrogen-bond donors (Lipinski definition) is 0.